The molecule has 1 saturated heterocycles. The number of hydrogen-bond acceptors (Lipinski definition) is 4. The molecule has 5 nitrogen and oxygen atoms in total. The van der Waals surface area contributed by atoms with Crippen molar-refractivity contribution >= 4 is 34.6 Å². The molecular formula is C18H22N2O3S. The Morgan fingerprint density at radius 1 is 1.17 bits per heavy atom. The maximum absolute atomic E-state index is 12.8. The Balaban J connectivity index is 1.88. The molecule has 0 saturated carbocycles. The van der Waals surface area contributed by atoms with Gasteiger partial charge in [-0.2, -0.15) is 0 Å². The lowest BCUT2D eigenvalue weighted by molar-refractivity contribution is -0.134. The number of nitrogens with one attached hydrogen (secondary N) is 2. The molecule has 2 heterocycles. The SMILES string of the molecule is CC1=C(C)c2sc(C)c(C(=O)NC3CCC(=O)NC3=O)c2CCC1. The Kier molecular flexibility index (Phi) is 4.58. The van der Waals surface area contributed by atoms with Crippen molar-refractivity contribution in [3.8, 4) is 0 Å². The number of hydrogen-bond donors (Lipinski definition) is 2. The van der Waals surface area contributed by atoms with Crippen LogP contribution >= 0.6 is 11.3 Å². The molecule has 1 atom stereocenters. The zero-order valence-electron chi connectivity index (χ0n) is 14.2. The van der Waals surface area contributed by atoms with Gasteiger partial charge in [-0.15, -0.1) is 11.3 Å². The fourth-order valence-corrected chi connectivity index (χ4v) is 4.68. The molecule has 1 unspecified atom stereocenters. The molecule has 0 bridgehead atoms. The highest BCUT2D eigenvalue weighted by molar-refractivity contribution is 7.13. The lowest BCUT2D eigenvalue weighted by Crippen LogP contribution is -2.52. The molecule has 3 rings (SSSR count). The van der Waals surface area contributed by atoms with Gasteiger partial charge in [0.2, 0.25) is 11.8 Å². The number of thiophene rings is 1. The van der Waals surface area contributed by atoms with E-state index in [2.05, 4.69) is 24.5 Å². The number of imide groups is 1. The van der Waals surface area contributed by atoms with Crippen molar-refractivity contribution in [3.05, 3.63) is 26.5 Å². The molecule has 2 aliphatic rings. The van der Waals surface area contributed by atoms with E-state index in [4.69, 9.17) is 0 Å². The minimum atomic E-state index is -0.630. The number of allylic oxidation sites excluding steroid dienone is 2. The summed E-state index contributed by atoms with van der Waals surface area (Å²) in [6.45, 7) is 6.24. The van der Waals surface area contributed by atoms with Crippen LogP contribution in [0.5, 0.6) is 0 Å². The van der Waals surface area contributed by atoms with Crippen molar-refractivity contribution in [1.29, 1.82) is 0 Å². The molecule has 3 amide bonds. The largest absolute Gasteiger partial charge is 0.340 e. The van der Waals surface area contributed by atoms with Gasteiger partial charge in [-0.25, -0.2) is 0 Å². The molecule has 1 aliphatic carbocycles. The van der Waals surface area contributed by atoms with Crippen LogP contribution in [0.25, 0.3) is 5.57 Å². The number of carbonyl (C=O) groups excluding carboxylic acids is 3. The van der Waals surface area contributed by atoms with E-state index in [0.29, 0.717) is 12.0 Å². The highest BCUT2D eigenvalue weighted by Crippen LogP contribution is 2.38. The van der Waals surface area contributed by atoms with E-state index >= 15 is 0 Å². The van der Waals surface area contributed by atoms with Crippen molar-refractivity contribution < 1.29 is 14.4 Å². The maximum atomic E-state index is 12.8. The van der Waals surface area contributed by atoms with Gasteiger partial charge in [-0.05, 0) is 57.6 Å². The Morgan fingerprint density at radius 3 is 2.62 bits per heavy atom. The number of piperidine rings is 1. The van der Waals surface area contributed by atoms with Crippen LogP contribution in [0.3, 0.4) is 0 Å². The van der Waals surface area contributed by atoms with Crippen molar-refractivity contribution in [1.82, 2.24) is 10.6 Å². The van der Waals surface area contributed by atoms with Crippen LogP contribution in [0.4, 0.5) is 0 Å². The third kappa shape index (κ3) is 3.02. The van der Waals surface area contributed by atoms with Gasteiger partial charge in [0.25, 0.3) is 5.91 Å². The topological polar surface area (TPSA) is 75.3 Å². The molecule has 1 aliphatic heterocycles. The smallest absolute Gasteiger partial charge is 0.253 e. The average Bonchev–Trinajstić information content (AvgIpc) is 2.79. The standard InChI is InChI=1S/C18H22N2O3S/c1-9-5-4-6-12-15(11(3)24-16(12)10(9)2)18(23)19-13-7-8-14(21)20-17(13)22/h13H,4-8H2,1-3H3,(H,19,23)(H,20,21,22). The van der Waals surface area contributed by atoms with E-state index in [0.717, 1.165) is 29.7 Å². The minimum Gasteiger partial charge on any atom is -0.340 e. The minimum absolute atomic E-state index is 0.202. The molecule has 0 radical (unpaired) electrons. The first kappa shape index (κ1) is 16.9. The fraction of sp³-hybridized carbons (Fsp3) is 0.500. The third-order valence-electron chi connectivity index (χ3n) is 4.91. The zero-order chi connectivity index (χ0) is 17.4. The van der Waals surface area contributed by atoms with Crippen molar-refractivity contribution in [2.45, 2.75) is 58.9 Å². The highest BCUT2D eigenvalue weighted by Gasteiger charge is 2.30. The van der Waals surface area contributed by atoms with Gasteiger partial charge in [0.15, 0.2) is 0 Å². The van der Waals surface area contributed by atoms with Crippen molar-refractivity contribution in [3.63, 3.8) is 0 Å². The summed E-state index contributed by atoms with van der Waals surface area (Å²) in [5, 5.41) is 5.10. The third-order valence-corrected chi connectivity index (χ3v) is 6.18. The lowest BCUT2D eigenvalue weighted by Gasteiger charge is -2.22. The van der Waals surface area contributed by atoms with E-state index in [-0.39, 0.29) is 18.2 Å². The van der Waals surface area contributed by atoms with Gasteiger partial charge in [-0.3, -0.25) is 19.7 Å². The molecule has 6 heteroatoms. The van der Waals surface area contributed by atoms with Crippen molar-refractivity contribution in [2.24, 2.45) is 0 Å². The summed E-state index contributed by atoms with van der Waals surface area (Å²) in [6.07, 6.45) is 3.59. The van der Waals surface area contributed by atoms with Crippen LogP contribution in [-0.2, 0) is 16.0 Å². The van der Waals surface area contributed by atoms with Gasteiger partial charge in [0.05, 0.1) is 5.56 Å². The molecule has 1 fully saturated rings. The summed E-state index contributed by atoms with van der Waals surface area (Å²) in [5.74, 6) is -0.889. The van der Waals surface area contributed by atoms with Crippen molar-refractivity contribution in [2.75, 3.05) is 0 Å². The molecule has 1 aromatic rings. The van der Waals surface area contributed by atoms with Gasteiger partial charge in [0.1, 0.15) is 6.04 Å². The number of amides is 3. The Morgan fingerprint density at radius 2 is 1.92 bits per heavy atom. The van der Waals surface area contributed by atoms with E-state index in [9.17, 15) is 14.4 Å². The first-order valence-electron chi connectivity index (χ1n) is 8.32. The number of aryl methyl sites for hydroxylation is 1. The summed E-state index contributed by atoms with van der Waals surface area (Å²) < 4.78 is 0. The summed E-state index contributed by atoms with van der Waals surface area (Å²) >= 11 is 1.66. The van der Waals surface area contributed by atoms with E-state index in [1.807, 2.05) is 6.92 Å². The quantitative estimate of drug-likeness (QED) is 0.809. The Hall–Kier alpha value is -1.95. The molecule has 24 heavy (non-hydrogen) atoms. The summed E-state index contributed by atoms with van der Waals surface area (Å²) in [7, 11) is 0. The predicted molar refractivity (Wildman–Crippen MR) is 93.9 cm³/mol. The zero-order valence-corrected chi connectivity index (χ0v) is 15.1. The first-order valence-corrected chi connectivity index (χ1v) is 9.13. The number of rotatable bonds is 2. The van der Waals surface area contributed by atoms with Gasteiger partial charge < -0.3 is 5.32 Å². The van der Waals surface area contributed by atoms with E-state index in [1.165, 1.54) is 16.0 Å². The molecule has 1 aromatic heterocycles. The fourth-order valence-electron chi connectivity index (χ4n) is 3.40. The van der Waals surface area contributed by atoms with E-state index in [1.54, 1.807) is 11.3 Å². The van der Waals surface area contributed by atoms with E-state index < -0.39 is 11.9 Å². The molecule has 0 spiro atoms. The first-order chi connectivity index (χ1) is 11.4. The Labute approximate surface area is 145 Å². The molecule has 128 valence electrons. The second-order valence-electron chi connectivity index (χ2n) is 6.58. The molecule has 2 N–H and O–H groups in total. The highest BCUT2D eigenvalue weighted by atomic mass is 32.1. The Bertz CT molecular complexity index is 761. The van der Waals surface area contributed by atoms with Crippen LogP contribution in [0.15, 0.2) is 5.57 Å². The van der Waals surface area contributed by atoms with Crippen LogP contribution in [0, 0.1) is 6.92 Å². The average molecular weight is 346 g/mol. The summed E-state index contributed by atoms with van der Waals surface area (Å²) in [6, 6.07) is -0.630. The normalized spacial score (nSPS) is 21.2. The molecule has 0 aromatic carbocycles. The van der Waals surface area contributed by atoms with Gasteiger partial charge >= 0.3 is 0 Å². The summed E-state index contributed by atoms with van der Waals surface area (Å²) in [5.41, 5.74) is 4.48. The van der Waals surface area contributed by atoms with Crippen LogP contribution < -0.4 is 10.6 Å². The number of carbonyl (C=O) groups is 3. The van der Waals surface area contributed by atoms with Gasteiger partial charge in [0, 0.05) is 16.2 Å². The maximum Gasteiger partial charge on any atom is 0.253 e. The monoisotopic (exact) mass is 346 g/mol. The second-order valence-corrected chi connectivity index (χ2v) is 7.80. The molecular weight excluding hydrogens is 324 g/mol. The second kappa shape index (κ2) is 6.51. The lowest BCUT2D eigenvalue weighted by atomic mass is 10.0. The summed E-state index contributed by atoms with van der Waals surface area (Å²) in [4.78, 5) is 38.1. The van der Waals surface area contributed by atoms with Crippen LogP contribution in [0.1, 0.15) is 65.2 Å². The number of fused-ring (bicyclic) bond motifs is 1. The van der Waals surface area contributed by atoms with Crippen LogP contribution in [-0.4, -0.2) is 23.8 Å². The van der Waals surface area contributed by atoms with Crippen LogP contribution in [0.2, 0.25) is 0 Å². The van der Waals surface area contributed by atoms with Gasteiger partial charge in [-0.1, -0.05) is 5.57 Å². The predicted octanol–water partition coefficient (Wildman–Crippen LogP) is 2.72.